The Kier molecular flexibility index (Phi) is 4.91. The van der Waals surface area contributed by atoms with Crippen LogP contribution in [-0.2, 0) is 6.42 Å². The smallest absolute Gasteiger partial charge is 0.218 e. The summed E-state index contributed by atoms with van der Waals surface area (Å²) in [7, 11) is 0. The van der Waals surface area contributed by atoms with Gasteiger partial charge < -0.3 is 27.0 Å². The van der Waals surface area contributed by atoms with Gasteiger partial charge in [-0.2, -0.15) is 4.99 Å². The van der Waals surface area contributed by atoms with Crippen LogP contribution >= 0.6 is 0 Å². The fourth-order valence-corrected chi connectivity index (χ4v) is 3.05. The second-order valence-electron chi connectivity index (χ2n) is 6.61. The zero-order chi connectivity index (χ0) is 18.1. The predicted octanol–water partition coefficient (Wildman–Crippen LogP) is 1.38. The zero-order valence-corrected chi connectivity index (χ0v) is 14.8. The normalized spacial score (nSPS) is 20.2. The van der Waals surface area contributed by atoms with Gasteiger partial charge in [-0.1, -0.05) is 0 Å². The molecule has 0 bridgehead atoms. The summed E-state index contributed by atoms with van der Waals surface area (Å²) < 4.78 is 6.32. The first kappa shape index (κ1) is 17.9. The van der Waals surface area contributed by atoms with E-state index >= 15 is 0 Å². The van der Waals surface area contributed by atoms with Crippen molar-refractivity contribution in [2.24, 2.45) is 27.2 Å². The van der Waals surface area contributed by atoms with Gasteiger partial charge in [-0.25, -0.2) is 0 Å². The number of aliphatic imine (C=N–C) groups is 2. The molecule has 0 saturated heterocycles. The van der Waals surface area contributed by atoms with Crippen LogP contribution in [0.4, 0.5) is 0 Å². The third kappa shape index (κ3) is 3.55. The number of phenolic OH excluding ortho intramolecular Hbond substituents is 1. The lowest BCUT2D eigenvalue weighted by Crippen LogP contribution is -2.38. The van der Waals surface area contributed by atoms with Crippen LogP contribution in [0.2, 0.25) is 0 Å². The summed E-state index contributed by atoms with van der Waals surface area (Å²) in [6, 6.07) is 0. The van der Waals surface area contributed by atoms with Gasteiger partial charge in [-0.05, 0) is 57.2 Å². The molecule has 1 unspecified atom stereocenters. The summed E-state index contributed by atoms with van der Waals surface area (Å²) in [5, 5.41) is 10.2. The predicted molar refractivity (Wildman–Crippen MR) is 96.6 cm³/mol. The van der Waals surface area contributed by atoms with Crippen LogP contribution in [0, 0.1) is 20.8 Å². The Labute approximate surface area is 142 Å². The first-order chi connectivity index (χ1) is 11.1. The van der Waals surface area contributed by atoms with E-state index in [9.17, 15) is 5.11 Å². The summed E-state index contributed by atoms with van der Waals surface area (Å²) in [6.07, 6.45) is 2.41. The maximum atomic E-state index is 10.2. The average Bonchev–Trinajstić information content (AvgIpc) is 2.50. The fourth-order valence-electron chi connectivity index (χ4n) is 3.05. The lowest BCUT2D eigenvalue weighted by molar-refractivity contribution is 0.0575. The Bertz CT molecular complexity index is 708. The van der Waals surface area contributed by atoms with Gasteiger partial charge in [-0.3, -0.25) is 4.99 Å². The van der Waals surface area contributed by atoms with E-state index in [4.69, 9.17) is 21.9 Å². The molecule has 1 aromatic rings. The third-order valence-electron chi connectivity index (χ3n) is 4.75. The van der Waals surface area contributed by atoms with Crippen molar-refractivity contribution in [2.75, 3.05) is 6.54 Å². The molecule has 0 aromatic heterocycles. The van der Waals surface area contributed by atoms with Crippen LogP contribution in [0.5, 0.6) is 11.5 Å². The molecule has 1 atom stereocenters. The van der Waals surface area contributed by atoms with Crippen molar-refractivity contribution in [3.8, 4) is 11.5 Å². The Balaban J connectivity index is 2.18. The highest BCUT2D eigenvalue weighted by Gasteiger charge is 2.34. The summed E-state index contributed by atoms with van der Waals surface area (Å²) in [6.45, 7) is 8.37. The number of hydrogen-bond donors (Lipinski definition) is 4. The summed E-state index contributed by atoms with van der Waals surface area (Å²) in [5.41, 5.74) is 19.7. The van der Waals surface area contributed by atoms with Crippen LogP contribution in [0.1, 0.15) is 42.0 Å². The summed E-state index contributed by atoms with van der Waals surface area (Å²) in [5.74, 6) is 1.22. The van der Waals surface area contributed by atoms with E-state index in [0.29, 0.717) is 18.7 Å². The van der Waals surface area contributed by atoms with Crippen molar-refractivity contribution in [1.29, 1.82) is 0 Å². The highest BCUT2D eigenvalue weighted by molar-refractivity contribution is 5.92. The minimum atomic E-state index is -0.338. The minimum absolute atomic E-state index is 0.0719. The van der Waals surface area contributed by atoms with Crippen LogP contribution in [0.3, 0.4) is 0 Å². The molecule has 1 aliphatic heterocycles. The highest BCUT2D eigenvalue weighted by atomic mass is 16.5. The molecule has 1 aromatic carbocycles. The van der Waals surface area contributed by atoms with E-state index in [2.05, 4.69) is 16.9 Å². The van der Waals surface area contributed by atoms with Gasteiger partial charge in [0.25, 0.3) is 0 Å². The molecule has 7 N–H and O–H groups in total. The number of guanidine groups is 2. The SMILES string of the molecule is Cc1c(C)c2c(c(C)c1O)CCC(C)(CCN=C(N)N=C(N)N)O2. The lowest BCUT2D eigenvalue weighted by Gasteiger charge is -2.37. The number of ether oxygens (including phenoxy) is 1. The quantitative estimate of drug-likeness (QED) is 0.490. The molecular weight excluding hydrogens is 306 g/mol. The molecular formula is C17H27N5O2. The summed E-state index contributed by atoms with van der Waals surface area (Å²) in [4.78, 5) is 7.86. The molecule has 0 amide bonds. The van der Waals surface area contributed by atoms with Crippen molar-refractivity contribution >= 4 is 11.9 Å². The maximum Gasteiger partial charge on any atom is 0.218 e. The van der Waals surface area contributed by atoms with Gasteiger partial charge >= 0.3 is 0 Å². The molecule has 1 heterocycles. The number of nitrogens with two attached hydrogens (primary N) is 3. The molecule has 0 saturated carbocycles. The van der Waals surface area contributed by atoms with Crippen molar-refractivity contribution in [3.63, 3.8) is 0 Å². The summed E-state index contributed by atoms with van der Waals surface area (Å²) >= 11 is 0. The monoisotopic (exact) mass is 333 g/mol. The maximum absolute atomic E-state index is 10.2. The molecule has 0 fully saturated rings. The van der Waals surface area contributed by atoms with E-state index in [0.717, 1.165) is 40.8 Å². The Morgan fingerprint density at radius 1 is 1.17 bits per heavy atom. The topological polar surface area (TPSA) is 132 Å². The number of nitrogens with zero attached hydrogens (tertiary/aromatic N) is 2. The van der Waals surface area contributed by atoms with Gasteiger partial charge in [0.05, 0.1) is 0 Å². The molecule has 7 heteroatoms. The molecule has 0 spiro atoms. The van der Waals surface area contributed by atoms with Crippen LogP contribution in [0.15, 0.2) is 9.98 Å². The number of rotatable bonds is 3. The number of hydrogen-bond acceptors (Lipinski definition) is 3. The molecule has 2 rings (SSSR count). The average molecular weight is 333 g/mol. The number of benzene rings is 1. The van der Waals surface area contributed by atoms with E-state index in [1.54, 1.807) is 0 Å². The fraction of sp³-hybridized carbons (Fsp3) is 0.529. The van der Waals surface area contributed by atoms with Crippen molar-refractivity contribution in [2.45, 2.75) is 52.6 Å². The zero-order valence-electron chi connectivity index (χ0n) is 14.8. The Morgan fingerprint density at radius 2 is 1.83 bits per heavy atom. The number of fused-ring (bicyclic) bond motifs is 1. The van der Waals surface area contributed by atoms with Crippen molar-refractivity contribution in [3.05, 3.63) is 22.3 Å². The largest absolute Gasteiger partial charge is 0.507 e. The number of aromatic hydroxyl groups is 1. The van der Waals surface area contributed by atoms with E-state index in [1.165, 1.54) is 0 Å². The molecule has 0 radical (unpaired) electrons. The van der Waals surface area contributed by atoms with Crippen molar-refractivity contribution < 1.29 is 9.84 Å². The second kappa shape index (κ2) is 6.59. The van der Waals surface area contributed by atoms with E-state index in [1.807, 2.05) is 20.8 Å². The standard InChI is InChI=1S/C17H27N5O2/c1-9-10(2)14-12(11(3)13(9)23)5-6-17(4,24-14)7-8-21-16(20)22-15(18)19/h23H,5-8H2,1-4H3,(H6,18,19,20,21,22). The van der Waals surface area contributed by atoms with Gasteiger partial charge in [0.1, 0.15) is 17.1 Å². The first-order valence-corrected chi connectivity index (χ1v) is 8.05. The van der Waals surface area contributed by atoms with Crippen molar-refractivity contribution in [1.82, 2.24) is 0 Å². The van der Waals surface area contributed by atoms with E-state index in [-0.39, 0.29) is 17.5 Å². The minimum Gasteiger partial charge on any atom is -0.507 e. The lowest BCUT2D eigenvalue weighted by atomic mass is 9.85. The molecule has 7 nitrogen and oxygen atoms in total. The van der Waals surface area contributed by atoms with Gasteiger partial charge in [0.15, 0.2) is 5.96 Å². The van der Waals surface area contributed by atoms with Gasteiger partial charge in [0, 0.05) is 18.5 Å². The highest BCUT2D eigenvalue weighted by Crippen LogP contribution is 2.43. The molecule has 132 valence electrons. The Hall–Kier alpha value is -2.44. The molecule has 24 heavy (non-hydrogen) atoms. The third-order valence-corrected chi connectivity index (χ3v) is 4.75. The molecule has 0 aliphatic carbocycles. The second-order valence-corrected chi connectivity index (χ2v) is 6.61. The van der Waals surface area contributed by atoms with Gasteiger partial charge in [0.2, 0.25) is 5.96 Å². The van der Waals surface area contributed by atoms with E-state index < -0.39 is 0 Å². The molecule has 1 aliphatic rings. The Morgan fingerprint density at radius 3 is 2.46 bits per heavy atom. The first-order valence-electron chi connectivity index (χ1n) is 8.05. The number of phenols is 1. The van der Waals surface area contributed by atoms with Crippen LogP contribution in [0.25, 0.3) is 0 Å². The van der Waals surface area contributed by atoms with Gasteiger partial charge in [-0.15, -0.1) is 0 Å². The van der Waals surface area contributed by atoms with Crippen LogP contribution < -0.4 is 21.9 Å². The van der Waals surface area contributed by atoms with Crippen LogP contribution in [-0.4, -0.2) is 29.2 Å².